The summed E-state index contributed by atoms with van der Waals surface area (Å²) < 4.78 is 44.0. The number of alkyl halides is 3. The zero-order valence-corrected chi connectivity index (χ0v) is 18.0. The Balaban J connectivity index is 1.50. The van der Waals surface area contributed by atoms with Crippen LogP contribution in [0.3, 0.4) is 0 Å². The molecule has 11 heteroatoms. The zero-order valence-electron chi connectivity index (χ0n) is 18.0. The first-order valence-corrected chi connectivity index (χ1v) is 10.4. The minimum atomic E-state index is -4.52. The van der Waals surface area contributed by atoms with E-state index in [0.29, 0.717) is 52.1 Å². The fraction of sp³-hybridized carbons (Fsp3) is 0.700. The minimum absolute atomic E-state index is 0.0217. The highest BCUT2D eigenvalue weighted by molar-refractivity contribution is 5.79. The number of carbonyl (C=O) groups excluding carboxylic acids is 2. The molecule has 0 saturated carbocycles. The van der Waals surface area contributed by atoms with Crippen molar-refractivity contribution in [2.24, 2.45) is 5.92 Å². The molecule has 3 heterocycles. The maximum Gasteiger partial charge on any atom is 0.433 e. The van der Waals surface area contributed by atoms with Gasteiger partial charge in [-0.05, 0) is 39.7 Å². The molecule has 0 aliphatic carbocycles. The molecule has 0 aromatic carbocycles. The topological polar surface area (TPSA) is 78.9 Å². The van der Waals surface area contributed by atoms with Gasteiger partial charge in [-0.3, -0.25) is 4.79 Å². The van der Waals surface area contributed by atoms with Crippen molar-refractivity contribution in [3.8, 4) is 0 Å². The number of piperazine rings is 1. The van der Waals surface area contributed by atoms with Crippen molar-refractivity contribution < 1.29 is 27.5 Å². The molecule has 1 aromatic rings. The molecule has 0 spiro atoms. The van der Waals surface area contributed by atoms with Gasteiger partial charge < -0.3 is 19.4 Å². The molecule has 172 valence electrons. The van der Waals surface area contributed by atoms with E-state index in [4.69, 9.17) is 4.74 Å². The molecule has 2 amide bonds. The largest absolute Gasteiger partial charge is 0.444 e. The van der Waals surface area contributed by atoms with Gasteiger partial charge in [-0.1, -0.05) is 0 Å². The highest BCUT2D eigenvalue weighted by atomic mass is 19.4. The summed E-state index contributed by atoms with van der Waals surface area (Å²) in [4.78, 5) is 37.7. The van der Waals surface area contributed by atoms with Gasteiger partial charge in [0.15, 0.2) is 0 Å². The Labute approximate surface area is 179 Å². The monoisotopic (exact) mass is 443 g/mol. The number of hydrogen-bond acceptors (Lipinski definition) is 6. The second-order valence-corrected chi connectivity index (χ2v) is 8.79. The number of rotatable bonds is 2. The molecule has 3 rings (SSSR count). The van der Waals surface area contributed by atoms with E-state index in [2.05, 4.69) is 9.97 Å². The average Bonchev–Trinajstić information content (AvgIpc) is 2.72. The predicted molar refractivity (Wildman–Crippen MR) is 106 cm³/mol. The molecule has 1 aromatic heterocycles. The highest BCUT2D eigenvalue weighted by Gasteiger charge is 2.35. The van der Waals surface area contributed by atoms with Crippen molar-refractivity contribution in [1.82, 2.24) is 19.8 Å². The lowest BCUT2D eigenvalue weighted by Crippen LogP contribution is -2.53. The molecule has 0 radical (unpaired) electrons. The number of hydrogen-bond donors (Lipinski definition) is 0. The van der Waals surface area contributed by atoms with Crippen molar-refractivity contribution >= 4 is 17.9 Å². The van der Waals surface area contributed by atoms with Gasteiger partial charge in [0.25, 0.3) is 0 Å². The van der Waals surface area contributed by atoms with Crippen LogP contribution < -0.4 is 4.90 Å². The fourth-order valence-electron chi connectivity index (χ4n) is 3.68. The SMILES string of the molecule is CC(C)(C)OC(=O)N1CCN(C(=O)C2CCN(c3nccc(C(F)(F)F)n3)CC2)CC1. The average molecular weight is 443 g/mol. The van der Waals surface area contributed by atoms with Crippen molar-refractivity contribution in [2.45, 2.75) is 45.4 Å². The van der Waals surface area contributed by atoms with Gasteiger partial charge in [-0.2, -0.15) is 13.2 Å². The van der Waals surface area contributed by atoms with E-state index in [0.717, 1.165) is 12.3 Å². The van der Waals surface area contributed by atoms with Crippen LogP contribution in [0.5, 0.6) is 0 Å². The smallest absolute Gasteiger partial charge is 0.433 e. The van der Waals surface area contributed by atoms with E-state index < -0.39 is 17.5 Å². The van der Waals surface area contributed by atoms with E-state index in [1.165, 1.54) is 0 Å². The molecular formula is C20H28F3N5O3. The van der Waals surface area contributed by atoms with Crippen LogP contribution >= 0.6 is 0 Å². The maximum atomic E-state index is 12.9. The standard InChI is InChI=1S/C20H28F3N5O3/c1-19(2,3)31-18(30)28-12-10-26(11-13-28)16(29)14-5-8-27(9-6-14)17-24-7-4-15(25-17)20(21,22)23/h4,7,14H,5-6,8-13H2,1-3H3. The van der Waals surface area contributed by atoms with Crippen LogP contribution in [0.4, 0.5) is 23.9 Å². The fourth-order valence-corrected chi connectivity index (χ4v) is 3.68. The van der Waals surface area contributed by atoms with Gasteiger partial charge in [0.1, 0.15) is 11.3 Å². The summed E-state index contributed by atoms with van der Waals surface area (Å²) in [5.41, 5.74) is -1.54. The number of carbonyl (C=O) groups is 2. The lowest BCUT2D eigenvalue weighted by Gasteiger charge is -2.38. The number of ether oxygens (including phenoxy) is 1. The van der Waals surface area contributed by atoms with Crippen molar-refractivity contribution in [3.05, 3.63) is 18.0 Å². The van der Waals surface area contributed by atoms with E-state index in [9.17, 15) is 22.8 Å². The molecule has 0 unspecified atom stereocenters. The van der Waals surface area contributed by atoms with Crippen LogP contribution in [0.25, 0.3) is 0 Å². The Morgan fingerprint density at radius 3 is 2.13 bits per heavy atom. The summed E-state index contributed by atoms with van der Waals surface area (Å²) in [5.74, 6) is -0.143. The summed E-state index contributed by atoms with van der Waals surface area (Å²) in [7, 11) is 0. The second-order valence-electron chi connectivity index (χ2n) is 8.79. The summed E-state index contributed by atoms with van der Waals surface area (Å²) in [6.45, 7) is 7.95. The summed E-state index contributed by atoms with van der Waals surface area (Å²) in [6, 6.07) is 0.844. The van der Waals surface area contributed by atoms with Gasteiger partial charge in [-0.25, -0.2) is 14.8 Å². The number of aromatic nitrogens is 2. The lowest BCUT2D eigenvalue weighted by atomic mass is 9.95. The zero-order chi connectivity index (χ0) is 22.8. The van der Waals surface area contributed by atoms with Gasteiger partial charge in [0.2, 0.25) is 11.9 Å². The first-order valence-electron chi connectivity index (χ1n) is 10.4. The normalized spacial score (nSPS) is 18.8. The van der Waals surface area contributed by atoms with Gasteiger partial charge >= 0.3 is 12.3 Å². The van der Waals surface area contributed by atoms with Crippen LogP contribution in [0.15, 0.2) is 12.3 Å². The molecule has 0 bridgehead atoms. The Bertz CT molecular complexity index is 796. The lowest BCUT2D eigenvalue weighted by molar-refractivity contribution is -0.141. The number of amides is 2. The first-order chi connectivity index (χ1) is 14.4. The number of nitrogens with zero attached hydrogens (tertiary/aromatic N) is 5. The summed E-state index contributed by atoms with van der Waals surface area (Å²) in [5, 5.41) is 0. The molecule has 31 heavy (non-hydrogen) atoms. The molecule has 8 nitrogen and oxygen atoms in total. The Morgan fingerprint density at radius 1 is 1.00 bits per heavy atom. The van der Waals surface area contributed by atoms with Crippen LogP contribution in [-0.4, -0.2) is 76.6 Å². The molecular weight excluding hydrogens is 415 g/mol. The van der Waals surface area contributed by atoms with Gasteiger partial charge in [-0.15, -0.1) is 0 Å². The molecule has 0 N–H and O–H groups in total. The third kappa shape index (κ3) is 5.98. The van der Waals surface area contributed by atoms with Gasteiger partial charge in [0.05, 0.1) is 0 Å². The molecule has 0 atom stereocenters. The second kappa shape index (κ2) is 8.88. The van der Waals surface area contributed by atoms with E-state index in [-0.39, 0.29) is 23.9 Å². The summed E-state index contributed by atoms with van der Waals surface area (Å²) >= 11 is 0. The molecule has 2 aliphatic heterocycles. The van der Waals surface area contributed by atoms with Gasteiger partial charge in [0, 0.05) is 51.4 Å². The van der Waals surface area contributed by atoms with Crippen molar-refractivity contribution in [3.63, 3.8) is 0 Å². The van der Waals surface area contributed by atoms with E-state index >= 15 is 0 Å². The summed E-state index contributed by atoms with van der Waals surface area (Å²) in [6.07, 6.45) is -2.76. The minimum Gasteiger partial charge on any atom is -0.444 e. The van der Waals surface area contributed by atoms with Crippen molar-refractivity contribution in [2.75, 3.05) is 44.2 Å². The maximum absolute atomic E-state index is 12.9. The Morgan fingerprint density at radius 2 is 1.58 bits per heavy atom. The number of piperidine rings is 1. The quantitative estimate of drug-likeness (QED) is 0.700. The number of halogens is 3. The number of anilines is 1. The van der Waals surface area contributed by atoms with Crippen LogP contribution in [0, 0.1) is 5.92 Å². The molecule has 2 fully saturated rings. The molecule has 2 saturated heterocycles. The van der Waals surface area contributed by atoms with Crippen molar-refractivity contribution in [1.29, 1.82) is 0 Å². The first kappa shape index (κ1) is 23.1. The van der Waals surface area contributed by atoms with Crippen LogP contribution in [0.2, 0.25) is 0 Å². The van der Waals surface area contributed by atoms with Crippen LogP contribution in [0.1, 0.15) is 39.3 Å². The third-order valence-corrected chi connectivity index (χ3v) is 5.30. The Hall–Kier alpha value is -2.59. The van der Waals surface area contributed by atoms with Crippen LogP contribution in [-0.2, 0) is 15.7 Å². The Kier molecular flexibility index (Phi) is 6.61. The molecule has 2 aliphatic rings. The highest BCUT2D eigenvalue weighted by Crippen LogP contribution is 2.29. The predicted octanol–water partition coefficient (Wildman–Crippen LogP) is 2.79. The van der Waals surface area contributed by atoms with E-state index in [1.807, 2.05) is 0 Å². The van der Waals surface area contributed by atoms with E-state index in [1.54, 1.807) is 35.5 Å². The third-order valence-electron chi connectivity index (χ3n) is 5.30.